The molecule has 0 radical (unpaired) electrons. The highest BCUT2D eigenvalue weighted by molar-refractivity contribution is 5.37. The topological polar surface area (TPSA) is 74.2 Å². The molecular formula is C14H17N3O2. The number of aromatic nitrogens is 2. The zero-order valence-electron chi connectivity index (χ0n) is 10.9. The summed E-state index contributed by atoms with van der Waals surface area (Å²) in [5.41, 5.74) is 7.14. The third-order valence-corrected chi connectivity index (χ3v) is 3.31. The standard InChI is InChI=1S/C14H17N3O2/c1-2-5-10(15)14-16-13(17-19-14)12-8-9-6-3-4-7-11(9)18-12/h3-4,6-7,10,12H,2,5,8,15H2,1H3/t10-,12?/m1/s1. The van der Waals surface area contributed by atoms with Gasteiger partial charge in [-0.15, -0.1) is 0 Å². The van der Waals surface area contributed by atoms with Gasteiger partial charge in [-0.25, -0.2) is 0 Å². The molecule has 5 heteroatoms. The number of rotatable bonds is 4. The largest absolute Gasteiger partial charge is 0.482 e. The van der Waals surface area contributed by atoms with Crippen LogP contribution in [0.1, 0.15) is 49.2 Å². The Morgan fingerprint density at radius 1 is 1.42 bits per heavy atom. The summed E-state index contributed by atoms with van der Waals surface area (Å²) in [7, 11) is 0. The Morgan fingerprint density at radius 3 is 3.05 bits per heavy atom. The van der Waals surface area contributed by atoms with Crippen LogP contribution in [0, 0.1) is 0 Å². The van der Waals surface area contributed by atoms with Gasteiger partial charge < -0.3 is 15.0 Å². The minimum absolute atomic E-state index is 0.163. The Kier molecular flexibility index (Phi) is 3.21. The van der Waals surface area contributed by atoms with Gasteiger partial charge in [0.05, 0.1) is 6.04 Å². The molecular weight excluding hydrogens is 242 g/mol. The van der Waals surface area contributed by atoms with Gasteiger partial charge in [-0.1, -0.05) is 36.7 Å². The predicted octanol–water partition coefficient (Wildman–Crippen LogP) is 2.55. The summed E-state index contributed by atoms with van der Waals surface area (Å²) in [5, 5.41) is 3.99. The number of nitrogens with zero attached hydrogens (tertiary/aromatic N) is 2. The van der Waals surface area contributed by atoms with Crippen molar-refractivity contribution < 1.29 is 9.26 Å². The Labute approximate surface area is 111 Å². The van der Waals surface area contributed by atoms with Gasteiger partial charge in [0.15, 0.2) is 6.10 Å². The molecule has 0 aliphatic carbocycles. The fourth-order valence-corrected chi connectivity index (χ4v) is 2.29. The van der Waals surface area contributed by atoms with Crippen LogP contribution in [0.2, 0.25) is 0 Å². The van der Waals surface area contributed by atoms with Crippen LogP contribution in [0.15, 0.2) is 28.8 Å². The van der Waals surface area contributed by atoms with E-state index in [1.54, 1.807) is 0 Å². The van der Waals surface area contributed by atoms with Gasteiger partial charge in [0.25, 0.3) is 0 Å². The zero-order valence-corrected chi connectivity index (χ0v) is 10.9. The third-order valence-electron chi connectivity index (χ3n) is 3.31. The summed E-state index contributed by atoms with van der Waals surface area (Å²) in [5.74, 6) is 1.98. The first kappa shape index (κ1) is 12.2. The molecule has 19 heavy (non-hydrogen) atoms. The van der Waals surface area contributed by atoms with Crippen molar-refractivity contribution in [1.29, 1.82) is 0 Å². The molecule has 5 nitrogen and oxygen atoms in total. The molecule has 1 aromatic carbocycles. The molecule has 1 unspecified atom stereocenters. The normalized spacial score (nSPS) is 18.9. The van der Waals surface area contributed by atoms with Gasteiger partial charge in [0.1, 0.15) is 5.75 Å². The molecule has 0 saturated carbocycles. The van der Waals surface area contributed by atoms with E-state index in [9.17, 15) is 0 Å². The van der Waals surface area contributed by atoms with Crippen LogP contribution in [0.5, 0.6) is 5.75 Å². The Balaban J connectivity index is 1.75. The maximum Gasteiger partial charge on any atom is 0.243 e. The molecule has 1 aromatic heterocycles. The minimum Gasteiger partial charge on any atom is -0.482 e. The fourth-order valence-electron chi connectivity index (χ4n) is 2.29. The van der Waals surface area contributed by atoms with Crippen LogP contribution in [0.4, 0.5) is 0 Å². The minimum atomic E-state index is -0.185. The Hall–Kier alpha value is -1.88. The molecule has 2 N–H and O–H groups in total. The van der Waals surface area contributed by atoms with Gasteiger partial charge in [-0.3, -0.25) is 0 Å². The maximum absolute atomic E-state index is 5.96. The summed E-state index contributed by atoms with van der Waals surface area (Å²) in [6.45, 7) is 2.08. The van der Waals surface area contributed by atoms with Crippen molar-refractivity contribution in [3.05, 3.63) is 41.5 Å². The number of ether oxygens (including phenoxy) is 1. The lowest BCUT2D eigenvalue weighted by Crippen LogP contribution is -2.11. The van der Waals surface area contributed by atoms with Gasteiger partial charge in [-0.05, 0) is 18.1 Å². The van der Waals surface area contributed by atoms with E-state index >= 15 is 0 Å². The van der Waals surface area contributed by atoms with E-state index in [0.29, 0.717) is 11.7 Å². The van der Waals surface area contributed by atoms with Crippen molar-refractivity contribution >= 4 is 0 Å². The van der Waals surface area contributed by atoms with E-state index in [-0.39, 0.29) is 12.1 Å². The highest BCUT2D eigenvalue weighted by atomic mass is 16.5. The Morgan fingerprint density at radius 2 is 2.26 bits per heavy atom. The molecule has 0 amide bonds. The lowest BCUT2D eigenvalue weighted by Gasteiger charge is -2.05. The second-order valence-electron chi connectivity index (χ2n) is 4.80. The van der Waals surface area contributed by atoms with E-state index in [2.05, 4.69) is 23.1 Å². The molecule has 1 aliphatic heterocycles. The van der Waals surface area contributed by atoms with Crippen molar-refractivity contribution in [2.75, 3.05) is 0 Å². The van der Waals surface area contributed by atoms with E-state index in [0.717, 1.165) is 25.0 Å². The predicted molar refractivity (Wildman–Crippen MR) is 69.6 cm³/mol. The van der Waals surface area contributed by atoms with Crippen LogP contribution in [-0.2, 0) is 6.42 Å². The fraction of sp³-hybridized carbons (Fsp3) is 0.429. The molecule has 0 bridgehead atoms. The number of benzene rings is 1. The molecule has 100 valence electrons. The number of para-hydroxylation sites is 1. The summed E-state index contributed by atoms with van der Waals surface area (Å²) >= 11 is 0. The summed E-state index contributed by atoms with van der Waals surface area (Å²) in [6, 6.07) is 7.79. The molecule has 1 aliphatic rings. The number of fused-ring (bicyclic) bond motifs is 1. The smallest absolute Gasteiger partial charge is 0.243 e. The average Bonchev–Trinajstić information content (AvgIpc) is 3.05. The van der Waals surface area contributed by atoms with Crippen molar-refractivity contribution in [1.82, 2.24) is 10.1 Å². The van der Waals surface area contributed by atoms with Crippen molar-refractivity contribution in [2.45, 2.75) is 38.3 Å². The third kappa shape index (κ3) is 2.33. The van der Waals surface area contributed by atoms with E-state index in [1.165, 1.54) is 5.56 Å². The summed E-state index contributed by atoms with van der Waals surface area (Å²) in [4.78, 5) is 4.37. The van der Waals surface area contributed by atoms with Crippen LogP contribution in [-0.4, -0.2) is 10.1 Å². The van der Waals surface area contributed by atoms with E-state index in [1.807, 2.05) is 18.2 Å². The van der Waals surface area contributed by atoms with Crippen molar-refractivity contribution in [3.63, 3.8) is 0 Å². The zero-order chi connectivity index (χ0) is 13.2. The monoisotopic (exact) mass is 259 g/mol. The Bertz CT molecular complexity index is 542. The van der Waals surface area contributed by atoms with E-state index < -0.39 is 0 Å². The molecule has 0 fully saturated rings. The van der Waals surface area contributed by atoms with Gasteiger partial charge >= 0.3 is 0 Å². The average molecular weight is 259 g/mol. The van der Waals surface area contributed by atoms with Gasteiger partial charge in [-0.2, -0.15) is 4.98 Å². The molecule has 2 aromatic rings. The molecule has 2 atom stereocenters. The first-order valence-electron chi connectivity index (χ1n) is 6.61. The lowest BCUT2D eigenvalue weighted by molar-refractivity contribution is 0.220. The van der Waals surface area contributed by atoms with Gasteiger partial charge in [0, 0.05) is 6.42 Å². The lowest BCUT2D eigenvalue weighted by atomic mass is 10.1. The second kappa shape index (κ2) is 5.01. The van der Waals surface area contributed by atoms with Crippen LogP contribution < -0.4 is 10.5 Å². The quantitative estimate of drug-likeness (QED) is 0.913. The number of hydrogen-bond donors (Lipinski definition) is 1. The summed E-state index contributed by atoms with van der Waals surface area (Å²) in [6.07, 6.45) is 2.44. The first-order valence-corrected chi connectivity index (χ1v) is 6.61. The van der Waals surface area contributed by atoms with Gasteiger partial charge in [0.2, 0.25) is 11.7 Å². The second-order valence-corrected chi connectivity index (χ2v) is 4.80. The van der Waals surface area contributed by atoms with Crippen LogP contribution >= 0.6 is 0 Å². The number of nitrogens with two attached hydrogens (primary N) is 1. The van der Waals surface area contributed by atoms with E-state index in [4.69, 9.17) is 15.0 Å². The summed E-state index contributed by atoms with van der Waals surface area (Å²) < 4.78 is 11.0. The van der Waals surface area contributed by atoms with Crippen LogP contribution in [0.3, 0.4) is 0 Å². The highest BCUT2D eigenvalue weighted by Crippen LogP contribution is 2.35. The number of hydrogen-bond acceptors (Lipinski definition) is 5. The SMILES string of the molecule is CCC[C@@H](N)c1nc(C2Cc3ccccc3O2)no1. The van der Waals surface area contributed by atoms with Crippen molar-refractivity contribution in [2.24, 2.45) is 5.73 Å². The van der Waals surface area contributed by atoms with Crippen molar-refractivity contribution in [3.8, 4) is 5.75 Å². The maximum atomic E-state index is 5.96. The molecule has 0 saturated heterocycles. The molecule has 0 spiro atoms. The molecule has 2 heterocycles. The first-order chi connectivity index (χ1) is 9.28. The molecule has 3 rings (SSSR count). The van der Waals surface area contributed by atoms with Crippen LogP contribution in [0.25, 0.3) is 0 Å². The highest BCUT2D eigenvalue weighted by Gasteiger charge is 2.28.